The van der Waals surface area contributed by atoms with Gasteiger partial charge in [0.15, 0.2) is 0 Å². The van der Waals surface area contributed by atoms with Crippen LogP contribution < -0.4 is 0 Å². The average Bonchev–Trinajstić information content (AvgIpc) is 2.80. The molecule has 0 N–H and O–H groups in total. The molecule has 1 atom stereocenters. The van der Waals surface area contributed by atoms with Gasteiger partial charge in [0, 0.05) is 12.6 Å². The zero-order valence-electron chi connectivity index (χ0n) is 9.77. The molecule has 0 saturated carbocycles. The topological polar surface area (TPSA) is 37.4 Å². The second kappa shape index (κ2) is 4.74. The number of nitrogens with zero attached hydrogens (tertiary/aromatic N) is 1. The molecule has 1 aromatic rings. The van der Waals surface area contributed by atoms with Crippen molar-refractivity contribution in [2.45, 2.75) is 25.8 Å². The Morgan fingerprint density at radius 2 is 2.00 bits per heavy atom. The van der Waals surface area contributed by atoms with Crippen molar-refractivity contribution < 1.29 is 12.8 Å². The summed E-state index contributed by atoms with van der Waals surface area (Å²) in [5.41, 5.74) is 0.876. The minimum Gasteiger partial charge on any atom is -0.212 e. The lowest BCUT2D eigenvalue weighted by atomic mass is 10.1. The standard InChI is InChI=1S/C12H16FNO2S/c1-2-17(15,16)14-9-3-4-12(14)10-5-7-11(13)8-6-10/h5-8,12H,2-4,9H2,1H3. The van der Waals surface area contributed by atoms with Crippen LogP contribution in [0, 0.1) is 5.82 Å². The van der Waals surface area contributed by atoms with Crippen molar-refractivity contribution in [1.29, 1.82) is 0 Å². The maximum atomic E-state index is 12.8. The van der Waals surface area contributed by atoms with Gasteiger partial charge in [0.25, 0.3) is 0 Å². The quantitative estimate of drug-likeness (QED) is 0.833. The van der Waals surface area contributed by atoms with Crippen LogP contribution >= 0.6 is 0 Å². The van der Waals surface area contributed by atoms with Crippen LogP contribution in [0.3, 0.4) is 0 Å². The van der Waals surface area contributed by atoms with Gasteiger partial charge >= 0.3 is 0 Å². The number of hydrogen-bond donors (Lipinski definition) is 0. The zero-order chi connectivity index (χ0) is 12.5. The summed E-state index contributed by atoms with van der Waals surface area (Å²) >= 11 is 0. The second-order valence-electron chi connectivity index (χ2n) is 4.22. The number of benzene rings is 1. The van der Waals surface area contributed by atoms with Gasteiger partial charge < -0.3 is 0 Å². The van der Waals surface area contributed by atoms with E-state index in [-0.39, 0.29) is 17.6 Å². The normalized spacial score (nSPS) is 21.9. The summed E-state index contributed by atoms with van der Waals surface area (Å²) in [6.45, 7) is 2.22. The van der Waals surface area contributed by atoms with Crippen LogP contribution in [0.5, 0.6) is 0 Å². The Hall–Kier alpha value is -0.940. The lowest BCUT2D eigenvalue weighted by molar-refractivity contribution is 0.397. The molecule has 1 aliphatic rings. The van der Waals surface area contributed by atoms with Crippen LogP contribution in [0.15, 0.2) is 24.3 Å². The Balaban J connectivity index is 2.29. The van der Waals surface area contributed by atoms with Crippen molar-refractivity contribution in [2.24, 2.45) is 0 Å². The van der Waals surface area contributed by atoms with Gasteiger partial charge in [0.05, 0.1) is 5.75 Å². The summed E-state index contributed by atoms with van der Waals surface area (Å²) in [5, 5.41) is 0. The van der Waals surface area contributed by atoms with Gasteiger partial charge in [-0.15, -0.1) is 0 Å². The molecule has 5 heteroatoms. The van der Waals surface area contributed by atoms with Crippen molar-refractivity contribution in [2.75, 3.05) is 12.3 Å². The minimum atomic E-state index is -3.17. The average molecular weight is 257 g/mol. The van der Waals surface area contributed by atoms with Crippen molar-refractivity contribution in [1.82, 2.24) is 4.31 Å². The predicted octanol–water partition coefficient (Wildman–Crippen LogP) is 2.31. The number of halogens is 1. The van der Waals surface area contributed by atoms with Gasteiger partial charge in [0.1, 0.15) is 5.82 Å². The molecule has 0 aliphatic carbocycles. The monoisotopic (exact) mass is 257 g/mol. The summed E-state index contributed by atoms with van der Waals surface area (Å²) in [4.78, 5) is 0. The molecule has 2 rings (SSSR count). The fourth-order valence-electron chi connectivity index (χ4n) is 2.26. The highest BCUT2D eigenvalue weighted by Crippen LogP contribution is 2.34. The lowest BCUT2D eigenvalue weighted by Gasteiger charge is -2.23. The molecular formula is C12H16FNO2S. The zero-order valence-corrected chi connectivity index (χ0v) is 10.6. The summed E-state index contributed by atoms with van der Waals surface area (Å²) in [5.74, 6) is -0.179. The minimum absolute atomic E-state index is 0.116. The Kier molecular flexibility index (Phi) is 3.49. The van der Waals surface area contributed by atoms with Crippen LogP contribution in [0.25, 0.3) is 0 Å². The van der Waals surface area contributed by atoms with Crippen LogP contribution in [-0.2, 0) is 10.0 Å². The van der Waals surface area contributed by atoms with Crippen molar-refractivity contribution in [3.8, 4) is 0 Å². The number of hydrogen-bond acceptors (Lipinski definition) is 2. The van der Waals surface area contributed by atoms with Crippen LogP contribution in [0.1, 0.15) is 31.4 Å². The fraction of sp³-hybridized carbons (Fsp3) is 0.500. The highest BCUT2D eigenvalue weighted by Gasteiger charge is 2.33. The summed E-state index contributed by atoms with van der Waals surface area (Å²) in [7, 11) is -3.17. The van der Waals surface area contributed by atoms with E-state index < -0.39 is 10.0 Å². The van der Waals surface area contributed by atoms with Gasteiger partial charge in [-0.05, 0) is 37.5 Å². The third kappa shape index (κ3) is 2.50. The van der Waals surface area contributed by atoms with Gasteiger partial charge in [-0.2, -0.15) is 4.31 Å². The van der Waals surface area contributed by atoms with Crippen LogP contribution in [-0.4, -0.2) is 25.0 Å². The maximum Gasteiger partial charge on any atom is 0.214 e. The first-order chi connectivity index (χ1) is 8.04. The smallest absolute Gasteiger partial charge is 0.212 e. The van der Waals surface area contributed by atoms with Crippen molar-refractivity contribution in [3.05, 3.63) is 35.6 Å². The van der Waals surface area contributed by atoms with Gasteiger partial charge in [0.2, 0.25) is 10.0 Å². The SMILES string of the molecule is CCS(=O)(=O)N1CCCC1c1ccc(F)cc1. The first-order valence-corrected chi connectivity index (χ1v) is 7.40. The van der Waals surface area contributed by atoms with E-state index in [2.05, 4.69) is 0 Å². The Labute approximate surface area is 101 Å². The Morgan fingerprint density at radius 1 is 1.35 bits per heavy atom. The molecule has 1 aliphatic heterocycles. The molecule has 3 nitrogen and oxygen atoms in total. The molecule has 0 amide bonds. The molecule has 0 radical (unpaired) electrons. The fourth-order valence-corrected chi connectivity index (χ4v) is 3.61. The van der Waals surface area contributed by atoms with E-state index in [1.807, 2.05) is 0 Å². The molecule has 1 aromatic carbocycles. The molecule has 1 unspecified atom stereocenters. The molecule has 94 valence electrons. The summed E-state index contributed by atoms with van der Waals surface area (Å²) < 4.78 is 38.2. The third-order valence-corrected chi connectivity index (χ3v) is 5.06. The maximum absolute atomic E-state index is 12.8. The van der Waals surface area contributed by atoms with E-state index in [0.717, 1.165) is 18.4 Å². The van der Waals surface area contributed by atoms with E-state index in [1.54, 1.807) is 23.4 Å². The van der Waals surface area contributed by atoms with Crippen LogP contribution in [0.2, 0.25) is 0 Å². The van der Waals surface area contributed by atoms with E-state index in [4.69, 9.17) is 0 Å². The molecule has 0 bridgehead atoms. The number of rotatable bonds is 3. The molecule has 1 fully saturated rings. The molecule has 17 heavy (non-hydrogen) atoms. The first-order valence-electron chi connectivity index (χ1n) is 5.79. The third-order valence-electron chi connectivity index (χ3n) is 3.18. The lowest BCUT2D eigenvalue weighted by Crippen LogP contribution is -2.31. The van der Waals surface area contributed by atoms with Crippen LogP contribution in [0.4, 0.5) is 4.39 Å². The molecule has 1 heterocycles. The second-order valence-corrected chi connectivity index (χ2v) is 6.43. The van der Waals surface area contributed by atoms with Gasteiger partial charge in [-0.25, -0.2) is 12.8 Å². The van der Waals surface area contributed by atoms with E-state index >= 15 is 0 Å². The van der Waals surface area contributed by atoms with E-state index in [1.165, 1.54) is 12.1 Å². The molecule has 1 saturated heterocycles. The number of sulfonamides is 1. The highest BCUT2D eigenvalue weighted by atomic mass is 32.2. The predicted molar refractivity (Wildman–Crippen MR) is 64.5 cm³/mol. The largest absolute Gasteiger partial charge is 0.214 e. The van der Waals surface area contributed by atoms with E-state index in [9.17, 15) is 12.8 Å². The summed E-state index contributed by atoms with van der Waals surface area (Å²) in [6, 6.07) is 5.97. The molecular weight excluding hydrogens is 241 g/mol. The van der Waals surface area contributed by atoms with E-state index in [0.29, 0.717) is 6.54 Å². The first kappa shape index (κ1) is 12.5. The Bertz CT molecular complexity index is 484. The summed E-state index contributed by atoms with van der Waals surface area (Å²) in [6.07, 6.45) is 1.67. The van der Waals surface area contributed by atoms with Crippen molar-refractivity contribution >= 4 is 10.0 Å². The molecule has 0 aromatic heterocycles. The Morgan fingerprint density at radius 3 is 2.59 bits per heavy atom. The van der Waals surface area contributed by atoms with Crippen molar-refractivity contribution in [3.63, 3.8) is 0 Å². The van der Waals surface area contributed by atoms with Gasteiger partial charge in [-0.1, -0.05) is 12.1 Å². The highest BCUT2D eigenvalue weighted by molar-refractivity contribution is 7.89. The molecule has 0 spiro atoms. The van der Waals surface area contributed by atoms with Gasteiger partial charge in [-0.3, -0.25) is 0 Å².